The lowest BCUT2D eigenvalue weighted by Gasteiger charge is -2.31. The zero-order valence-electron chi connectivity index (χ0n) is 16.7. The van der Waals surface area contributed by atoms with E-state index in [9.17, 15) is 9.59 Å². The second-order valence-electron chi connectivity index (χ2n) is 8.07. The third-order valence-corrected chi connectivity index (χ3v) is 6.10. The number of likely N-dealkylation sites (tertiary alicyclic amines) is 1. The third-order valence-electron chi connectivity index (χ3n) is 6.10. The van der Waals surface area contributed by atoms with Gasteiger partial charge in [-0.1, -0.05) is 0 Å². The van der Waals surface area contributed by atoms with Gasteiger partial charge >= 0.3 is 5.69 Å². The van der Waals surface area contributed by atoms with Crippen LogP contribution in [-0.4, -0.2) is 50.3 Å². The lowest BCUT2D eigenvalue weighted by molar-refractivity contribution is 0.0705. The molecule has 8 nitrogen and oxygen atoms in total. The smallest absolute Gasteiger partial charge is 0.345 e. The number of aromatic amines is 1. The number of hydrogen-bond acceptors (Lipinski definition) is 4. The van der Waals surface area contributed by atoms with Crippen LogP contribution in [0.5, 0.6) is 5.75 Å². The molecule has 2 aliphatic rings. The molecule has 1 saturated carbocycles. The number of rotatable bonds is 4. The summed E-state index contributed by atoms with van der Waals surface area (Å²) in [6, 6.07) is 7.95. The van der Waals surface area contributed by atoms with Crippen LogP contribution >= 0.6 is 0 Å². The van der Waals surface area contributed by atoms with Crippen molar-refractivity contribution < 1.29 is 9.53 Å². The molecule has 2 aromatic heterocycles. The highest BCUT2D eigenvalue weighted by Crippen LogP contribution is 2.37. The highest BCUT2D eigenvalue weighted by Gasteiger charge is 2.34. The molecule has 3 aromatic rings. The van der Waals surface area contributed by atoms with Gasteiger partial charge in [-0.05, 0) is 43.9 Å². The summed E-state index contributed by atoms with van der Waals surface area (Å²) in [6.45, 7) is 1.33. The molecule has 1 aliphatic heterocycles. The highest BCUT2D eigenvalue weighted by molar-refractivity contribution is 5.98. The molecule has 0 bridgehead atoms. The minimum absolute atomic E-state index is 0.0132. The van der Waals surface area contributed by atoms with Crippen molar-refractivity contribution in [3.8, 4) is 5.75 Å². The Bertz CT molecular complexity index is 1130. The largest absolute Gasteiger partial charge is 0.497 e. The van der Waals surface area contributed by atoms with E-state index in [1.807, 2.05) is 33.7 Å². The maximum atomic E-state index is 13.0. The van der Waals surface area contributed by atoms with Crippen LogP contribution in [0.25, 0.3) is 10.9 Å². The Hall–Kier alpha value is -3.03. The number of benzene rings is 1. The predicted molar refractivity (Wildman–Crippen MR) is 108 cm³/mol. The summed E-state index contributed by atoms with van der Waals surface area (Å²) in [7, 11) is 3.35. The zero-order chi connectivity index (χ0) is 20.1. The molecule has 1 amide bonds. The van der Waals surface area contributed by atoms with Crippen molar-refractivity contribution >= 4 is 16.8 Å². The number of H-pyrrole nitrogens is 1. The van der Waals surface area contributed by atoms with E-state index in [0.717, 1.165) is 48.2 Å². The number of amides is 1. The SMILES string of the molecule is COc1ccc2cc(C(=O)N3CCC(c4nn(C)c(=O)n4C4CC4)CC3)[nH]c2c1. The van der Waals surface area contributed by atoms with E-state index in [0.29, 0.717) is 24.8 Å². The average Bonchev–Trinajstić information content (AvgIpc) is 3.41. The summed E-state index contributed by atoms with van der Waals surface area (Å²) in [5.41, 5.74) is 1.47. The monoisotopic (exact) mass is 395 g/mol. The topological polar surface area (TPSA) is 85.2 Å². The summed E-state index contributed by atoms with van der Waals surface area (Å²) in [4.78, 5) is 30.5. The lowest BCUT2D eigenvalue weighted by Crippen LogP contribution is -2.38. The molecule has 0 unspecified atom stereocenters. The van der Waals surface area contributed by atoms with Gasteiger partial charge in [0.1, 0.15) is 17.3 Å². The Balaban J connectivity index is 1.31. The second kappa shape index (κ2) is 6.79. The molecule has 29 heavy (non-hydrogen) atoms. The minimum atomic E-state index is -0.0190. The summed E-state index contributed by atoms with van der Waals surface area (Å²) < 4.78 is 8.59. The number of methoxy groups -OCH3 is 1. The standard InChI is InChI=1S/C21H25N5O3/c1-24-21(28)26(15-4-5-15)19(23-24)13-7-9-25(10-8-13)20(27)18-11-14-3-6-16(29-2)12-17(14)22-18/h3,6,11-13,15,22H,4-5,7-10H2,1-2H3. The number of aromatic nitrogens is 4. The highest BCUT2D eigenvalue weighted by atomic mass is 16.5. The quantitative estimate of drug-likeness (QED) is 0.735. The van der Waals surface area contributed by atoms with Crippen molar-refractivity contribution in [2.75, 3.05) is 20.2 Å². The van der Waals surface area contributed by atoms with Crippen molar-refractivity contribution in [1.82, 2.24) is 24.2 Å². The summed E-state index contributed by atoms with van der Waals surface area (Å²) in [5, 5.41) is 5.51. The molecule has 5 rings (SSSR count). The van der Waals surface area contributed by atoms with Gasteiger partial charge in [0.05, 0.1) is 7.11 Å². The predicted octanol–water partition coefficient (Wildman–Crippen LogP) is 2.43. The van der Waals surface area contributed by atoms with E-state index >= 15 is 0 Å². The van der Waals surface area contributed by atoms with Crippen molar-refractivity contribution in [2.45, 2.75) is 37.6 Å². The first-order chi connectivity index (χ1) is 14.0. The second-order valence-corrected chi connectivity index (χ2v) is 8.07. The first-order valence-corrected chi connectivity index (χ1v) is 10.2. The number of nitrogens with one attached hydrogen (secondary N) is 1. The molecular formula is C21H25N5O3. The Labute approximate surface area is 168 Å². The maximum absolute atomic E-state index is 13.0. The number of nitrogens with zero attached hydrogens (tertiary/aromatic N) is 4. The Morgan fingerprint density at radius 1 is 1.17 bits per heavy atom. The van der Waals surface area contributed by atoms with Crippen molar-refractivity contribution in [1.29, 1.82) is 0 Å². The van der Waals surface area contributed by atoms with Crippen LogP contribution in [0, 0.1) is 0 Å². The number of fused-ring (bicyclic) bond motifs is 1. The lowest BCUT2D eigenvalue weighted by atomic mass is 9.95. The van der Waals surface area contributed by atoms with Crippen molar-refractivity contribution in [2.24, 2.45) is 7.05 Å². The van der Waals surface area contributed by atoms with Gasteiger partial charge in [0.25, 0.3) is 5.91 Å². The van der Waals surface area contributed by atoms with Gasteiger partial charge in [-0.2, -0.15) is 5.10 Å². The van der Waals surface area contributed by atoms with Gasteiger partial charge < -0.3 is 14.6 Å². The van der Waals surface area contributed by atoms with E-state index in [4.69, 9.17) is 4.74 Å². The molecule has 8 heteroatoms. The van der Waals surface area contributed by atoms with Gasteiger partial charge in [0, 0.05) is 49.1 Å². The Kier molecular flexibility index (Phi) is 4.22. The van der Waals surface area contributed by atoms with Crippen molar-refractivity contribution in [3.05, 3.63) is 46.3 Å². The molecule has 1 N–H and O–H groups in total. The Morgan fingerprint density at radius 2 is 1.93 bits per heavy atom. The van der Waals surface area contributed by atoms with Crippen LogP contribution in [0.15, 0.2) is 29.1 Å². The molecule has 0 atom stereocenters. The van der Waals surface area contributed by atoms with Gasteiger partial charge in [-0.15, -0.1) is 0 Å². The number of aryl methyl sites for hydroxylation is 1. The molecule has 1 aromatic carbocycles. The van der Waals surface area contributed by atoms with Gasteiger partial charge in [-0.3, -0.25) is 9.36 Å². The van der Waals surface area contributed by atoms with Gasteiger partial charge in [0.2, 0.25) is 0 Å². The third kappa shape index (κ3) is 3.12. The van der Waals surface area contributed by atoms with Crippen LogP contribution in [0.3, 0.4) is 0 Å². The molecule has 152 valence electrons. The van der Waals surface area contributed by atoms with E-state index in [2.05, 4.69) is 10.1 Å². The van der Waals surface area contributed by atoms with E-state index in [1.165, 1.54) is 4.68 Å². The fourth-order valence-electron chi connectivity index (χ4n) is 4.31. The summed E-state index contributed by atoms with van der Waals surface area (Å²) >= 11 is 0. The molecule has 1 saturated heterocycles. The molecule has 0 spiro atoms. The number of piperidine rings is 1. The fraction of sp³-hybridized carbons (Fsp3) is 0.476. The van der Waals surface area contributed by atoms with E-state index < -0.39 is 0 Å². The van der Waals surface area contributed by atoms with E-state index in [1.54, 1.807) is 14.2 Å². The van der Waals surface area contributed by atoms with Crippen LogP contribution in [-0.2, 0) is 7.05 Å². The number of carbonyl (C=O) groups excluding carboxylic acids is 1. The number of hydrogen-bond donors (Lipinski definition) is 1. The normalized spacial score (nSPS) is 17.8. The first-order valence-electron chi connectivity index (χ1n) is 10.2. The molecular weight excluding hydrogens is 370 g/mol. The van der Waals surface area contributed by atoms with E-state index in [-0.39, 0.29) is 17.5 Å². The molecule has 3 heterocycles. The van der Waals surface area contributed by atoms with Gasteiger partial charge in [-0.25, -0.2) is 9.48 Å². The molecule has 0 radical (unpaired) electrons. The maximum Gasteiger partial charge on any atom is 0.345 e. The fourth-order valence-corrected chi connectivity index (χ4v) is 4.31. The first kappa shape index (κ1) is 18.0. The minimum Gasteiger partial charge on any atom is -0.497 e. The summed E-state index contributed by atoms with van der Waals surface area (Å²) in [5.74, 6) is 1.89. The van der Waals surface area contributed by atoms with Crippen LogP contribution < -0.4 is 10.4 Å². The average molecular weight is 395 g/mol. The van der Waals surface area contributed by atoms with Crippen molar-refractivity contribution in [3.63, 3.8) is 0 Å². The molecule has 2 fully saturated rings. The zero-order valence-corrected chi connectivity index (χ0v) is 16.7. The van der Waals surface area contributed by atoms with Crippen LogP contribution in [0.2, 0.25) is 0 Å². The van der Waals surface area contributed by atoms with Gasteiger partial charge in [0.15, 0.2) is 0 Å². The van der Waals surface area contributed by atoms with Crippen LogP contribution in [0.1, 0.15) is 54.0 Å². The Morgan fingerprint density at radius 3 is 2.62 bits per heavy atom. The summed E-state index contributed by atoms with van der Waals surface area (Å²) in [6.07, 6.45) is 3.76. The molecule has 1 aliphatic carbocycles. The number of ether oxygens (including phenoxy) is 1. The number of carbonyl (C=O) groups is 1. The van der Waals surface area contributed by atoms with Crippen LogP contribution in [0.4, 0.5) is 0 Å².